The molecule has 27 heavy (non-hydrogen) atoms. The number of para-hydroxylation sites is 1. The average molecular weight is 363 g/mol. The van der Waals surface area contributed by atoms with Crippen LogP contribution in [-0.4, -0.2) is 32.2 Å². The van der Waals surface area contributed by atoms with Crippen molar-refractivity contribution in [2.45, 2.75) is 38.3 Å². The molecule has 1 amide bonds. The van der Waals surface area contributed by atoms with Gasteiger partial charge in [-0.15, -0.1) is 5.10 Å². The van der Waals surface area contributed by atoms with Crippen LogP contribution in [0.15, 0.2) is 54.6 Å². The maximum absolute atomic E-state index is 12.6. The molecule has 1 N–H and O–H groups in total. The minimum Gasteiger partial charge on any atom is -0.481 e. The van der Waals surface area contributed by atoms with Gasteiger partial charge in [0.1, 0.15) is 5.75 Å². The van der Waals surface area contributed by atoms with Crippen molar-refractivity contribution >= 4 is 11.6 Å². The molecule has 1 atom stereocenters. The predicted octanol–water partition coefficient (Wildman–Crippen LogP) is 3.47. The normalized spacial score (nSPS) is 14.6. The highest BCUT2D eigenvalue weighted by Gasteiger charge is 2.28. The Morgan fingerprint density at radius 1 is 1.22 bits per heavy atom. The zero-order valence-electron chi connectivity index (χ0n) is 15.1. The molecule has 0 aliphatic heterocycles. The van der Waals surface area contributed by atoms with Crippen LogP contribution in [0.3, 0.4) is 0 Å². The van der Waals surface area contributed by atoms with Crippen LogP contribution in [0.1, 0.15) is 32.2 Å². The Bertz CT molecular complexity index is 921. The van der Waals surface area contributed by atoms with Crippen molar-refractivity contribution in [1.29, 1.82) is 0 Å². The molecular weight excluding hydrogens is 342 g/mol. The lowest BCUT2D eigenvalue weighted by atomic mass is 10.1. The number of carbonyl (C=O) groups excluding carboxylic acids is 1. The molecule has 4 rings (SSSR count). The van der Waals surface area contributed by atoms with E-state index in [1.165, 1.54) is 0 Å². The van der Waals surface area contributed by atoms with Gasteiger partial charge in [-0.2, -0.15) is 0 Å². The minimum absolute atomic E-state index is 0.180. The summed E-state index contributed by atoms with van der Waals surface area (Å²) in [5.74, 6) is 1.22. The Morgan fingerprint density at radius 3 is 2.78 bits per heavy atom. The van der Waals surface area contributed by atoms with Gasteiger partial charge >= 0.3 is 0 Å². The van der Waals surface area contributed by atoms with Crippen LogP contribution < -0.4 is 10.1 Å². The number of anilines is 1. The monoisotopic (exact) mass is 363 g/mol. The van der Waals surface area contributed by atoms with Gasteiger partial charge in [-0.1, -0.05) is 37.3 Å². The molecule has 0 bridgehead atoms. The van der Waals surface area contributed by atoms with Crippen LogP contribution in [0.2, 0.25) is 0 Å². The number of hydrogen-bond acceptors (Lipinski definition) is 5. The number of ether oxygens (including phenoxy) is 1. The predicted molar refractivity (Wildman–Crippen MR) is 101 cm³/mol. The fraction of sp³-hybridized carbons (Fsp3) is 0.300. The van der Waals surface area contributed by atoms with Gasteiger partial charge in [0.2, 0.25) is 0 Å². The molecule has 1 saturated carbocycles. The number of tetrazole rings is 1. The smallest absolute Gasteiger partial charge is 0.265 e. The van der Waals surface area contributed by atoms with Gasteiger partial charge in [0, 0.05) is 11.3 Å². The summed E-state index contributed by atoms with van der Waals surface area (Å²) < 4.78 is 7.67. The van der Waals surface area contributed by atoms with E-state index in [-0.39, 0.29) is 5.91 Å². The molecule has 7 heteroatoms. The second kappa shape index (κ2) is 7.57. The number of amides is 1. The van der Waals surface area contributed by atoms with Crippen molar-refractivity contribution < 1.29 is 9.53 Å². The number of benzene rings is 2. The van der Waals surface area contributed by atoms with Crippen LogP contribution >= 0.6 is 0 Å². The molecule has 1 unspecified atom stereocenters. The highest BCUT2D eigenvalue weighted by Crippen LogP contribution is 2.36. The Labute approximate surface area is 157 Å². The second-order valence-corrected chi connectivity index (χ2v) is 6.58. The number of nitrogens with zero attached hydrogens (tertiary/aromatic N) is 4. The molecule has 2 aromatic carbocycles. The molecule has 7 nitrogen and oxygen atoms in total. The van der Waals surface area contributed by atoms with Crippen molar-refractivity contribution in [3.8, 4) is 17.1 Å². The standard InChI is InChI=1S/C20H21N5O2/c1-2-18(27-17-9-4-3-5-10-17)20(26)21-15-8-6-7-14(13-15)19-22-23-24-25(19)16-11-12-16/h3-10,13,16,18H,2,11-12H2,1H3,(H,21,26). The van der Waals surface area contributed by atoms with E-state index in [1.54, 1.807) is 0 Å². The first kappa shape index (κ1) is 17.2. The summed E-state index contributed by atoms with van der Waals surface area (Å²) in [5, 5.41) is 15.0. The Balaban J connectivity index is 1.48. The van der Waals surface area contributed by atoms with E-state index < -0.39 is 6.10 Å². The molecule has 0 radical (unpaired) electrons. The summed E-state index contributed by atoms with van der Waals surface area (Å²) in [7, 11) is 0. The lowest BCUT2D eigenvalue weighted by Gasteiger charge is -2.17. The topological polar surface area (TPSA) is 81.9 Å². The Kier molecular flexibility index (Phi) is 4.82. The highest BCUT2D eigenvalue weighted by molar-refractivity contribution is 5.94. The van der Waals surface area contributed by atoms with Gasteiger partial charge in [-0.3, -0.25) is 4.79 Å². The third-order valence-electron chi connectivity index (χ3n) is 4.46. The van der Waals surface area contributed by atoms with Crippen molar-refractivity contribution in [1.82, 2.24) is 20.2 Å². The zero-order valence-corrected chi connectivity index (χ0v) is 15.1. The van der Waals surface area contributed by atoms with Crippen molar-refractivity contribution in [3.63, 3.8) is 0 Å². The maximum atomic E-state index is 12.6. The number of nitrogens with one attached hydrogen (secondary N) is 1. The molecule has 1 aliphatic rings. The lowest BCUT2D eigenvalue weighted by molar-refractivity contribution is -0.122. The molecule has 3 aromatic rings. The first-order valence-corrected chi connectivity index (χ1v) is 9.15. The van der Waals surface area contributed by atoms with Gasteiger partial charge in [0.25, 0.3) is 5.91 Å². The van der Waals surface area contributed by atoms with Gasteiger partial charge in [-0.05, 0) is 54.0 Å². The molecular formula is C20H21N5O2. The summed E-state index contributed by atoms with van der Waals surface area (Å²) in [6.07, 6.45) is 2.21. The van der Waals surface area contributed by atoms with E-state index in [4.69, 9.17) is 4.74 Å². The number of carbonyl (C=O) groups is 1. The summed E-state index contributed by atoms with van der Waals surface area (Å²) in [6.45, 7) is 1.92. The largest absolute Gasteiger partial charge is 0.481 e. The number of hydrogen-bond donors (Lipinski definition) is 1. The molecule has 1 aliphatic carbocycles. The van der Waals surface area contributed by atoms with E-state index in [2.05, 4.69) is 20.8 Å². The van der Waals surface area contributed by atoms with Gasteiger partial charge < -0.3 is 10.1 Å². The van der Waals surface area contributed by atoms with Crippen LogP contribution in [0, 0.1) is 0 Å². The quantitative estimate of drug-likeness (QED) is 0.695. The van der Waals surface area contributed by atoms with Gasteiger partial charge in [0.05, 0.1) is 6.04 Å². The first-order chi connectivity index (χ1) is 13.2. The van der Waals surface area contributed by atoms with Crippen molar-refractivity contribution in [3.05, 3.63) is 54.6 Å². The van der Waals surface area contributed by atoms with E-state index in [0.29, 0.717) is 23.9 Å². The number of aromatic nitrogens is 4. The summed E-state index contributed by atoms with van der Waals surface area (Å²) >= 11 is 0. The Morgan fingerprint density at radius 2 is 2.04 bits per heavy atom. The maximum Gasteiger partial charge on any atom is 0.265 e. The van der Waals surface area contributed by atoms with E-state index in [1.807, 2.05) is 66.2 Å². The molecule has 0 spiro atoms. The van der Waals surface area contributed by atoms with Crippen LogP contribution in [0.25, 0.3) is 11.4 Å². The van der Waals surface area contributed by atoms with E-state index in [0.717, 1.165) is 24.2 Å². The van der Waals surface area contributed by atoms with Gasteiger partial charge in [-0.25, -0.2) is 4.68 Å². The second-order valence-electron chi connectivity index (χ2n) is 6.58. The minimum atomic E-state index is -0.562. The fourth-order valence-electron chi connectivity index (χ4n) is 2.89. The summed E-state index contributed by atoms with van der Waals surface area (Å²) in [4.78, 5) is 12.6. The zero-order chi connectivity index (χ0) is 18.6. The third kappa shape index (κ3) is 3.97. The SMILES string of the molecule is CCC(Oc1ccccc1)C(=O)Nc1cccc(-c2nnnn2C2CC2)c1. The van der Waals surface area contributed by atoms with E-state index in [9.17, 15) is 4.79 Å². The van der Waals surface area contributed by atoms with Crippen LogP contribution in [0.5, 0.6) is 5.75 Å². The molecule has 0 saturated heterocycles. The van der Waals surface area contributed by atoms with Crippen LogP contribution in [-0.2, 0) is 4.79 Å². The Hall–Kier alpha value is -3.22. The molecule has 1 fully saturated rings. The molecule has 138 valence electrons. The van der Waals surface area contributed by atoms with Crippen molar-refractivity contribution in [2.24, 2.45) is 0 Å². The van der Waals surface area contributed by atoms with Crippen LogP contribution in [0.4, 0.5) is 5.69 Å². The number of rotatable bonds is 7. The average Bonchev–Trinajstić information content (AvgIpc) is 3.43. The lowest BCUT2D eigenvalue weighted by Crippen LogP contribution is -2.32. The summed E-state index contributed by atoms with van der Waals surface area (Å²) in [5.41, 5.74) is 1.57. The summed E-state index contributed by atoms with van der Waals surface area (Å²) in [6, 6.07) is 17.3. The first-order valence-electron chi connectivity index (χ1n) is 9.15. The van der Waals surface area contributed by atoms with E-state index >= 15 is 0 Å². The van der Waals surface area contributed by atoms with Gasteiger partial charge in [0.15, 0.2) is 11.9 Å². The molecule has 1 heterocycles. The van der Waals surface area contributed by atoms with Crippen molar-refractivity contribution in [2.75, 3.05) is 5.32 Å². The molecule has 1 aromatic heterocycles. The highest BCUT2D eigenvalue weighted by atomic mass is 16.5. The third-order valence-corrected chi connectivity index (χ3v) is 4.46. The fourth-order valence-corrected chi connectivity index (χ4v) is 2.89.